The Morgan fingerprint density at radius 1 is 1.00 bits per heavy atom. The maximum atomic E-state index is 11.7. The molecule has 5 rings (SSSR count). The lowest BCUT2D eigenvalue weighted by Gasteiger charge is -2.25. The highest BCUT2D eigenvalue weighted by Crippen LogP contribution is 2.35. The van der Waals surface area contributed by atoms with Gasteiger partial charge in [0.05, 0.1) is 28.2 Å². The number of carbonyl (C=O) groups is 1. The first-order valence-electron chi connectivity index (χ1n) is 14.0. The molecule has 228 valence electrons. The number of nitriles is 1. The molecule has 0 saturated heterocycles. The molecule has 0 unspecified atom stereocenters. The third kappa shape index (κ3) is 7.19. The summed E-state index contributed by atoms with van der Waals surface area (Å²) in [5, 5.41) is 31.7. The van der Waals surface area contributed by atoms with Crippen molar-refractivity contribution in [3.8, 4) is 28.7 Å². The Hall–Kier alpha value is -5.08. The van der Waals surface area contributed by atoms with E-state index in [-0.39, 0.29) is 19.8 Å². The first-order chi connectivity index (χ1) is 21.7. The zero-order valence-electron chi connectivity index (χ0n) is 24.6. The van der Waals surface area contributed by atoms with Gasteiger partial charge in [0.15, 0.2) is 0 Å². The number of ether oxygens (including phenoxy) is 2. The van der Waals surface area contributed by atoms with Crippen LogP contribution >= 0.6 is 11.6 Å². The number of nitrogens with one attached hydrogen (secondary N) is 1. The van der Waals surface area contributed by atoms with Crippen molar-refractivity contribution in [2.75, 3.05) is 6.61 Å². The van der Waals surface area contributed by atoms with E-state index in [2.05, 4.69) is 26.3 Å². The number of benzene rings is 3. The van der Waals surface area contributed by atoms with Crippen LogP contribution in [-0.2, 0) is 24.6 Å². The van der Waals surface area contributed by atoms with Gasteiger partial charge in [-0.2, -0.15) is 5.26 Å². The molecule has 11 heteroatoms. The number of aliphatic hydroxyl groups excluding tert-OH is 1. The molecule has 3 N–H and O–H groups in total. The van der Waals surface area contributed by atoms with Crippen LogP contribution in [0.4, 0.5) is 0 Å². The summed E-state index contributed by atoms with van der Waals surface area (Å²) in [7, 11) is 0. The van der Waals surface area contributed by atoms with Gasteiger partial charge in [-0.15, -0.1) is 0 Å². The summed E-state index contributed by atoms with van der Waals surface area (Å²) in [5.41, 5.74) is 5.71. The van der Waals surface area contributed by atoms with E-state index >= 15 is 0 Å². The fraction of sp³-hybridized carbons (Fsp3) is 0.206. The van der Waals surface area contributed by atoms with E-state index in [1.54, 1.807) is 36.8 Å². The average molecular weight is 624 g/mol. The number of aromatic nitrogens is 3. The first kappa shape index (κ1) is 31.3. The molecule has 2 heterocycles. The van der Waals surface area contributed by atoms with E-state index in [1.807, 2.05) is 43.3 Å². The van der Waals surface area contributed by atoms with Crippen LogP contribution in [0.15, 0.2) is 79.4 Å². The van der Waals surface area contributed by atoms with E-state index in [4.69, 9.17) is 21.1 Å². The van der Waals surface area contributed by atoms with Crippen molar-refractivity contribution in [1.29, 1.82) is 5.26 Å². The Bertz CT molecular complexity index is 1910. The smallest absolute Gasteiger partial charge is 0.326 e. The third-order valence-corrected chi connectivity index (χ3v) is 7.80. The highest BCUT2D eigenvalue weighted by atomic mass is 35.5. The van der Waals surface area contributed by atoms with Gasteiger partial charge in [0, 0.05) is 48.5 Å². The average Bonchev–Trinajstić information content (AvgIpc) is 3.06. The predicted molar refractivity (Wildman–Crippen MR) is 169 cm³/mol. The number of nitrogens with zero attached hydrogens (tertiary/aromatic N) is 4. The van der Waals surface area contributed by atoms with Crippen molar-refractivity contribution in [1.82, 2.24) is 20.3 Å². The second kappa shape index (κ2) is 13.7. The molecule has 0 spiro atoms. The second-order valence-electron chi connectivity index (χ2n) is 10.7. The number of pyridine rings is 1. The highest BCUT2D eigenvalue weighted by Gasteiger charge is 2.32. The molecule has 1 atom stereocenters. The number of hydrogen-bond acceptors (Lipinski definition) is 9. The second-order valence-corrected chi connectivity index (χ2v) is 11.1. The zero-order valence-corrected chi connectivity index (χ0v) is 25.4. The minimum absolute atomic E-state index is 0.0342. The number of halogens is 1. The number of aliphatic hydroxyl groups is 1. The molecule has 0 saturated carbocycles. The monoisotopic (exact) mass is 623 g/mol. The number of carboxylic acids is 1. The molecule has 2 aromatic heterocycles. The molecule has 0 radical (unpaired) electrons. The number of rotatable bonds is 12. The van der Waals surface area contributed by atoms with Crippen LogP contribution in [-0.4, -0.2) is 43.3 Å². The van der Waals surface area contributed by atoms with E-state index in [1.165, 1.54) is 13.1 Å². The van der Waals surface area contributed by atoms with Crippen LogP contribution in [0.25, 0.3) is 22.2 Å². The van der Waals surface area contributed by atoms with Crippen LogP contribution in [0.3, 0.4) is 0 Å². The summed E-state index contributed by atoms with van der Waals surface area (Å²) in [6, 6.07) is 19.0. The molecule has 0 aliphatic rings. The van der Waals surface area contributed by atoms with Crippen molar-refractivity contribution in [3.63, 3.8) is 0 Å². The van der Waals surface area contributed by atoms with E-state index < -0.39 is 18.1 Å². The fourth-order valence-electron chi connectivity index (χ4n) is 4.68. The summed E-state index contributed by atoms with van der Waals surface area (Å²) in [6.07, 6.45) is 6.39. The lowest BCUT2D eigenvalue weighted by molar-refractivity contribution is -0.145. The van der Waals surface area contributed by atoms with Crippen LogP contribution in [0.5, 0.6) is 11.5 Å². The number of aliphatic carboxylic acids is 1. The summed E-state index contributed by atoms with van der Waals surface area (Å²) in [4.78, 5) is 24.6. The number of fused-ring (bicyclic) bond motifs is 1. The molecular weight excluding hydrogens is 594 g/mol. The van der Waals surface area contributed by atoms with Crippen LogP contribution in [0.1, 0.15) is 34.7 Å². The van der Waals surface area contributed by atoms with Crippen LogP contribution in [0.2, 0.25) is 5.02 Å². The van der Waals surface area contributed by atoms with Gasteiger partial charge in [-0.3, -0.25) is 25.1 Å². The van der Waals surface area contributed by atoms with Crippen molar-refractivity contribution in [2.24, 2.45) is 0 Å². The van der Waals surface area contributed by atoms with Gasteiger partial charge in [0.25, 0.3) is 0 Å². The van der Waals surface area contributed by atoms with Gasteiger partial charge in [-0.25, -0.2) is 0 Å². The summed E-state index contributed by atoms with van der Waals surface area (Å²) in [5.74, 6) is -0.446. The first-order valence-corrected chi connectivity index (χ1v) is 14.4. The molecule has 0 bridgehead atoms. The van der Waals surface area contributed by atoms with Gasteiger partial charge in [0.1, 0.15) is 36.3 Å². The Kier molecular flexibility index (Phi) is 9.54. The summed E-state index contributed by atoms with van der Waals surface area (Å²) in [6.45, 7) is 3.14. The molecule has 10 nitrogen and oxygen atoms in total. The lowest BCUT2D eigenvalue weighted by atomic mass is 9.96. The van der Waals surface area contributed by atoms with Crippen molar-refractivity contribution < 1.29 is 24.5 Å². The molecule has 0 fully saturated rings. The van der Waals surface area contributed by atoms with Crippen molar-refractivity contribution in [2.45, 2.75) is 39.1 Å². The molecule has 0 amide bonds. The van der Waals surface area contributed by atoms with E-state index in [0.29, 0.717) is 33.2 Å². The fourth-order valence-corrected chi connectivity index (χ4v) is 4.92. The maximum Gasteiger partial charge on any atom is 0.326 e. The molecule has 3 aromatic carbocycles. The van der Waals surface area contributed by atoms with Gasteiger partial charge < -0.3 is 19.7 Å². The van der Waals surface area contributed by atoms with E-state index in [0.717, 1.165) is 33.3 Å². The summed E-state index contributed by atoms with van der Waals surface area (Å²) < 4.78 is 12.3. The Morgan fingerprint density at radius 3 is 2.53 bits per heavy atom. The van der Waals surface area contributed by atoms with Gasteiger partial charge >= 0.3 is 5.97 Å². The summed E-state index contributed by atoms with van der Waals surface area (Å²) >= 11 is 6.66. The van der Waals surface area contributed by atoms with Crippen LogP contribution < -0.4 is 14.8 Å². The minimum atomic E-state index is -1.58. The Labute approximate surface area is 264 Å². The molecule has 5 aromatic rings. The predicted octanol–water partition coefficient (Wildman–Crippen LogP) is 5.61. The maximum absolute atomic E-state index is 11.7. The number of hydrogen-bond donors (Lipinski definition) is 3. The van der Waals surface area contributed by atoms with Gasteiger partial charge in [0.2, 0.25) is 0 Å². The third-order valence-electron chi connectivity index (χ3n) is 7.50. The molecule has 0 aliphatic carbocycles. The Balaban J connectivity index is 1.40. The van der Waals surface area contributed by atoms with Crippen molar-refractivity contribution in [3.05, 3.63) is 112 Å². The lowest BCUT2D eigenvalue weighted by Crippen LogP contribution is -2.52. The highest BCUT2D eigenvalue weighted by molar-refractivity contribution is 6.32. The zero-order chi connectivity index (χ0) is 32.0. The minimum Gasteiger partial charge on any atom is -0.488 e. The quantitative estimate of drug-likeness (QED) is 0.160. The Morgan fingerprint density at radius 2 is 1.78 bits per heavy atom. The standard InChI is InChI=1S/C34H30ClN5O5/c1-21-25(4-3-5-27(21)24-6-7-29-30(12-24)39-9-8-38-29)19-45-32-13-31(44-18-23-10-22(14-36)15-37-16-23)26(11-28(32)35)17-40-34(2,20-41)33(42)43/h3-13,15-16,40-41H,17-20H2,1-2H3,(H,42,43)/t34-/m0/s1. The topological polar surface area (TPSA) is 150 Å². The largest absolute Gasteiger partial charge is 0.488 e. The molecular formula is C34H30ClN5O5. The molecule has 0 aliphatic heterocycles. The van der Waals surface area contributed by atoms with Crippen molar-refractivity contribution >= 4 is 28.6 Å². The van der Waals surface area contributed by atoms with Gasteiger partial charge in [-0.1, -0.05) is 35.9 Å². The SMILES string of the molecule is Cc1c(COc2cc(OCc3cncc(C#N)c3)c(CN[C@@](C)(CO)C(=O)O)cc2Cl)cccc1-c1ccc2nccnc2c1. The van der Waals surface area contributed by atoms with E-state index in [9.17, 15) is 20.3 Å². The van der Waals surface area contributed by atoms with Gasteiger partial charge in [-0.05, 0) is 60.4 Å². The molecule has 45 heavy (non-hydrogen) atoms. The normalized spacial score (nSPS) is 12.3. The van der Waals surface area contributed by atoms with Crippen LogP contribution in [0, 0.1) is 18.3 Å². The number of carboxylic acid groups (broad SMARTS) is 1.